The second-order valence-corrected chi connectivity index (χ2v) is 5.07. The Kier molecular flexibility index (Phi) is 5.92. The maximum atomic E-state index is 13.0. The van der Waals surface area contributed by atoms with Crippen molar-refractivity contribution in [3.63, 3.8) is 0 Å². The van der Waals surface area contributed by atoms with Gasteiger partial charge in [-0.1, -0.05) is 6.07 Å². The number of nitrogens with one attached hydrogen (secondary N) is 2. The minimum absolute atomic E-state index is 0. The van der Waals surface area contributed by atoms with E-state index in [1.54, 1.807) is 7.11 Å². The van der Waals surface area contributed by atoms with Crippen LogP contribution < -0.4 is 15.4 Å². The summed E-state index contributed by atoms with van der Waals surface area (Å²) in [7, 11) is 1.57. The second-order valence-electron chi connectivity index (χ2n) is 5.07. The predicted octanol–water partition coefficient (Wildman–Crippen LogP) is 2.04. The van der Waals surface area contributed by atoms with Crippen molar-refractivity contribution in [1.82, 2.24) is 10.6 Å². The number of alkyl halides is 2. The molecule has 1 aromatic carbocycles. The normalized spacial score (nSPS) is 19.7. The quantitative estimate of drug-likeness (QED) is 0.892. The molecule has 7 heteroatoms. The fraction of sp³-hybridized carbons (Fsp3) is 0.500. The molecule has 0 radical (unpaired) electrons. The summed E-state index contributed by atoms with van der Waals surface area (Å²) in [6.45, 7) is 1.77. The number of hydrogen-bond acceptors (Lipinski definition) is 3. The van der Waals surface area contributed by atoms with Crippen molar-refractivity contribution < 1.29 is 18.3 Å². The number of methoxy groups -OCH3 is 1. The van der Waals surface area contributed by atoms with E-state index in [0.717, 1.165) is 11.1 Å². The smallest absolute Gasteiger partial charge is 0.262 e. The average Bonchev–Trinajstić information content (AvgIpc) is 2.75. The average molecular weight is 321 g/mol. The van der Waals surface area contributed by atoms with Crippen LogP contribution in [0.5, 0.6) is 5.75 Å². The Morgan fingerprint density at radius 3 is 2.76 bits per heavy atom. The van der Waals surface area contributed by atoms with Gasteiger partial charge in [0.05, 0.1) is 19.7 Å². The van der Waals surface area contributed by atoms with Gasteiger partial charge in [-0.05, 0) is 30.2 Å². The molecule has 4 nitrogen and oxygen atoms in total. The molecule has 0 aromatic heterocycles. The maximum absolute atomic E-state index is 13.0. The van der Waals surface area contributed by atoms with E-state index in [9.17, 15) is 13.6 Å². The standard InChI is InChI=1S/C14H18F2N2O2.ClH/c1-9-3-10(5-11(4-9)20-2)7-17-13(19)12-6-14(15,16)8-18-12;/h3-5,12,18H,6-8H2,1-2H3,(H,17,19);1H. The molecular weight excluding hydrogens is 302 g/mol. The van der Waals surface area contributed by atoms with Gasteiger partial charge >= 0.3 is 0 Å². The van der Waals surface area contributed by atoms with Crippen molar-refractivity contribution in [1.29, 1.82) is 0 Å². The van der Waals surface area contributed by atoms with E-state index in [-0.39, 0.29) is 12.4 Å². The van der Waals surface area contributed by atoms with E-state index in [0.29, 0.717) is 12.3 Å². The fourth-order valence-electron chi connectivity index (χ4n) is 2.26. The van der Waals surface area contributed by atoms with Crippen LogP contribution in [0.2, 0.25) is 0 Å². The lowest BCUT2D eigenvalue weighted by molar-refractivity contribution is -0.123. The van der Waals surface area contributed by atoms with E-state index in [1.165, 1.54) is 0 Å². The first-order valence-electron chi connectivity index (χ1n) is 6.43. The van der Waals surface area contributed by atoms with Crippen LogP contribution in [0.3, 0.4) is 0 Å². The molecule has 0 spiro atoms. The minimum Gasteiger partial charge on any atom is -0.497 e. The molecule has 1 amide bonds. The van der Waals surface area contributed by atoms with Crippen molar-refractivity contribution in [3.8, 4) is 5.75 Å². The van der Waals surface area contributed by atoms with Crippen molar-refractivity contribution in [2.45, 2.75) is 31.9 Å². The zero-order valence-corrected chi connectivity index (χ0v) is 12.7. The van der Waals surface area contributed by atoms with Gasteiger partial charge in [-0.15, -0.1) is 12.4 Å². The Labute approximate surface area is 128 Å². The van der Waals surface area contributed by atoms with Gasteiger partial charge in [-0.25, -0.2) is 8.78 Å². The van der Waals surface area contributed by atoms with E-state index < -0.39 is 30.8 Å². The number of hydrogen-bond donors (Lipinski definition) is 2. The number of ether oxygens (including phenoxy) is 1. The number of amides is 1. The zero-order chi connectivity index (χ0) is 14.8. The second kappa shape index (κ2) is 7.04. The van der Waals surface area contributed by atoms with Crippen molar-refractivity contribution >= 4 is 18.3 Å². The number of carbonyl (C=O) groups is 1. The fourth-order valence-corrected chi connectivity index (χ4v) is 2.26. The Morgan fingerprint density at radius 1 is 1.48 bits per heavy atom. The van der Waals surface area contributed by atoms with Crippen molar-refractivity contribution in [2.75, 3.05) is 13.7 Å². The Hall–Kier alpha value is -1.40. The first-order chi connectivity index (χ1) is 9.39. The van der Waals surface area contributed by atoms with Gasteiger partial charge in [0.1, 0.15) is 5.75 Å². The maximum Gasteiger partial charge on any atom is 0.262 e. The van der Waals surface area contributed by atoms with Gasteiger partial charge in [-0.3, -0.25) is 10.1 Å². The Balaban J connectivity index is 0.00000220. The van der Waals surface area contributed by atoms with E-state index in [4.69, 9.17) is 4.74 Å². The highest BCUT2D eigenvalue weighted by atomic mass is 35.5. The summed E-state index contributed by atoms with van der Waals surface area (Å²) in [5.74, 6) is -2.49. The summed E-state index contributed by atoms with van der Waals surface area (Å²) >= 11 is 0. The van der Waals surface area contributed by atoms with Crippen LogP contribution in [0.15, 0.2) is 18.2 Å². The third kappa shape index (κ3) is 4.82. The van der Waals surface area contributed by atoms with Crippen LogP contribution in [-0.2, 0) is 11.3 Å². The number of aryl methyl sites for hydroxylation is 1. The number of rotatable bonds is 4. The zero-order valence-electron chi connectivity index (χ0n) is 11.9. The Morgan fingerprint density at radius 2 is 2.19 bits per heavy atom. The molecule has 1 unspecified atom stereocenters. The summed E-state index contributed by atoms with van der Waals surface area (Å²) in [4.78, 5) is 11.8. The highest BCUT2D eigenvalue weighted by molar-refractivity contribution is 5.85. The molecule has 1 atom stereocenters. The molecule has 0 saturated carbocycles. The molecule has 1 aromatic rings. The SMILES string of the molecule is COc1cc(C)cc(CNC(=O)C2CC(F)(F)CN2)c1.Cl. The summed E-state index contributed by atoms with van der Waals surface area (Å²) in [6, 6.07) is 4.78. The molecule has 2 rings (SSSR count). The van der Waals surface area contributed by atoms with Gasteiger partial charge < -0.3 is 10.1 Å². The molecule has 0 bridgehead atoms. The van der Waals surface area contributed by atoms with Crippen LogP contribution in [0.1, 0.15) is 17.5 Å². The van der Waals surface area contributed by atoms with Gasteiger partial charge in [0.2, 0.25) is 5.91 Å². The first-order valence-corrected chi connectivity index (χ1v) is 6.43. The monoisotopic (exact) mass is 320 g/mol. The van der Waals surface area contributed by atoms with Crippen LogP contribution in [0, 0.1) is 6.92 Å². The first kappa shape index (κ1) is 17.7. The van der Waals surface area contributed by atoms with E-state index >= 15 is 0 Å². The molecule has 2 N–H and O–H groups in total. The summed E-state index contributed by atoms with van der Waals surface area (Å²) < 4.78 is 31.2. The van der Waals surface area contributed by atoms with Crippen LogP contribution in [0.25, 0.3) is 0 Å². The molecule has 0 aliphatic carbocycles. The topological polar surface area (TPSA) is 50.4 Å². The molecule has 1 aliphatic rings. The molecule has 1 fully saturated rings. The van der Waals surface area contributed by atoms with E-state index in [2.05, 4.69) is 10.6 Å². The lowest BCUT2D eigenvalue weighted by atomic mass is 10.1. The summed E-state index contributed by atoms with van der Waals surface area (Å²) in [5, 5.41) is 5.20. The number of carbonyl (C=O) groups excluding carboxylic acids is 1. The molecule has 1 saturated heterocycles. The van der Waals surface area contributed by atoms with Crippen molar-refractivity contribution in [3.05, 3.63) is 29.3 Å². The van der Waals surface area contributed by atoms with Crippen molar-refractivity contribution in [2.24, 2.45) is 0 Å². The third-order valence-electron chi connectivity index (χ3n) is 3.24. The third-order valence-corrected chi connectivity index (χ3v) is 3.24. The molecular formula is C14H19ClF2N2O2. The van der Waals surface area contributed by atoms with Crippen LogP contribution in [-0.4, -0.2) is 31.5 Å². The van der Waals surface area contributed by atoms with Gasteiger partial charge in [-0.2, -0.15) is 0 Å². The van der Waals surface area contributed by atoms with Gasteiger partial charge in [0.15, 0.2) is 0 Å². The minimum atomic E-state index is -2.80. The van der Waals surface area contributed by atoms with E-state index in [1.807, 2.05) is 25.1 Å². The predicted molar refractivity (Wildman–Crippen MR) is 78.2 cm³/mol. The Bertz CT molecular complexity index is 512. The van der Waals surface area contributed by atoms with Crippen LogP contribution in [0.4, 0.5) is 8.78 Å². The van der Waals surface area contributed by atoms with Gasteiger partial charge in [0, 0.05) is 13.0 Å². The number of halogens is 3. The number of benzene rings is 1. The molecule has 1 heterocycles. The van der Waals surface area contributed by atoms with Gasteiger partial charge in [0.25, 0.3) is 5.92 Å². The molecule has 1 aliphatic heterocycles. The summed E-state index contributed by atoms with van der Waals surface area (Å²) in [5.41, 5.74) is 1.89. The molecule has 118 valence electrons. The van der Waals surface area contributed by atoms with Crippen LogP contribution >= 0.6 is 12.4 Å². The highest BCUT2D eigenvalue weighted by Crippen LogP contribution is 2.25. The lowest BCUT2D eigenvalue weighted by Gasteiger charge is -2.12. The highest BCUT2D eigenvalue weighted by Gasteiger charge is 2.42. The lowest BCUT2D eigenvalue weighted by Crippen LogP contribution is -2.40. The largest absolute Gasteiger partial charge is 0.497 e. The summed E-state index contributed by atoms with van der Waals surface area (Å²) in [6.07, 6.45) is -0.448. The molecule has 21 heavy (non-hydrogen) atoms.